The molecule has 2 aliphatic rings. The van der Waals surface area contributed by atoms with Gasteiger partial charge in [0, 0.05) is 25.0 Å². The Bertz CT molecular complexity index is 1100. The zero-order chi connectivity index (χ0) is 24.9. The fourth-order valence-electron chi connectivity index (χ4n) is 4.58. The molecule has 0 spiro atoms. The van der Waals surface area contributed by atoms with E-state index in [-0.39, 0.29) is 36.7 Å². The first-order valence-electron chi connectivity index (χ1n) is 12.0. The molecule has 1 fully saturated rings. The van der Waals surface area contributed by atoms with E-state index in [9.17, 15) is 14.4 Å². The van der Waals surface area contributed by atoms with Gasteiger partial charge in [-0.3, -0.25) is 9.59 Å². The molecule has 3 N–H and O–H groups in total. The largest absolute Gasteiger partial charge is 0.490 e. The number of anilines is 2. The summed E-state index contributed by atoms with van der Waals surface area (Å²) in [6.07, 6.45) is 1.16. The van der Waals surface area contributed by atoms with Crippen molar-refractivity contribution in [1.82, 2.24) is 10.2 Å². The van der Waals surface area contributed by atoms with Crippen molar-refractivity contribution in [3.8, 4) is 5.75 Å². The number of ether oxygens (including phenoxy) is 2. The number of fused-ring (bicyclic) bond motifs is 2. The van der Waals surface area contributed by atoms with Crippen molar-refractivity contribution in [1.29, 1.82) is 0 Å². The van der Waals surface area contributed by atoms with E-state index in [0.717, 1.165) is 5.56 Å². The molecule has 0 radical (unpaired) electrons. The lowest BCUT2D eigenvalue weighted by atomic mass is 9.94. The standard InChI is InChI=1S/C26H32N4O5/c1-4-27-24(31)14-18-10-11-21-23(35-18)15-34-22-12-9-17(13-19(22)25(32)30(21)3)28-26(33)29-20-8-6-5-7-16(20)2/h5-9,12-13,18,21,23H,4,10-11,14-15H2,1-3H3,(H,27,31)(H2,28,29,33)/t18-,21-,23+/m1/s1. The summed E-state index contributed by atoms with van der Waals surface area (Å²) < 4.78 is 12.2. The van der Waals surface area contributed by atoms with Crippen LogP contribution in [0.4, 0.5) is 16.2 Å². The van der Waals surface area contributed by atoms with Crippen molar-refractivity contribution in [2.75, 3.05) is 30.8 Å². The molecule has 2 aromatic carbocycles. The van der Waals surface area contributed by atoms with E-state index in [2.05, 4.69) is 16.0 Å². The molecule has 4 rings (SSSR count). The third-order valence-electron chi connectivity index (χ3n) is 6.45. The van der Waals surface area contributed by atoms with Crippen LogP contribution in [0.15, 0.2) is 42.5 Å². The lowest BCUT2D eigenvalue weighted by Gasteiger charge is -2.42. The number of carbonyl (C=O) groups is 3. The first kappa shape index (κ1) is 24.5. The first-order chi connectivity index (χ1) is 16.9. The first-order valence-corrected chi connectivity index (χ1v) is 12.0. The van der Waals surface area contributed by atoms with Gasteiger partial charge in [-0.15, -0.1) is 0 Å². The second-order valence-electron chi connectivity index (χ2n) is 8.93. The molecular formula is C26H32N4O5. The number of aryl methyl sites for hydroxylation is 1. The van der Waals surface area contributed by atoms with E-state index in [1.807, 2.05) is 38.1 Å². The number of hydrogen-bond acceptors (Lipinski definition) is 5. The van der Waals surface area contributed by atoms with Crippen molar-refractivity contribution in [3.05, 3.63) is 53.6 Å². The van der Waals surface area contributed by atoms with Crippen molar-refractivity contribution in [2.24, 2.45) is 0 Å². The topological polar surface area (TPSA) is 109 Å². The third-order valence-corrected chi connectivity index (χ3v) is 6.45. The van der Waals surface area contributed by atoms with Gasteiger partial charge >= 0.3 is 6.03 Å². The minimum absolute atomic E-state index is 0.0380. The average Bonchev–Trinajstić information content (AvgIpc) is 2.83. The van der Waals surface area contributed by atoms with Gasteiger partial charge in [-0.2, -0.15) is 0 Å². The van der Waals surface area contributed by atoms with Crippen LogP contribution in [0.5, 0.6) is 5.75 Å². The van der Waals surface area contributed by atoms with Gasteiger partial charge in [0.1, 0.15) is 18.5 Å². The lowest BCUT2D eigenvalue weighted by molar-refractivity contribution is -0.133. The van der Waals surface area contributed by atoms with E-state index >= 15 is 0 Å². The van der Waals surface area contributed by atoms with E-state index in [1.54, 1.807) is 30.1 Å². The Labute approximate surface area is 205 Å². The number of para-hydroxylation sites is 1. The molecule has 0 unspecified atom stereocenters. The molecule has 0 aromatic heterocycles. The monoisotopic (exact) mass is 480 g/mol. The summed E-state index contributed by atoms with van der Waals surface area (Å²) in [5.41, 5.74) is 2.52. The predicted octanol–water partition coefficient (Wildman–Crippen LogP) is 3.55. The lowest BCUT2D eigenvalue weighted by Crippen LogP contribution is -2.54. The summed E-state index contributed by atoms with van der Waals surface area (Å²) in [4.78, 5) is 39.5. The fraction of sp³-hybridized carbons (Fsp3) is 0.423. The van der Waals surface area contributed by atoms with Gasteiger partial charge < -0.3 is 30.3 Å². The Hall–Kier alpha value is -3.59. The number of urea groups is 1. The van der Waals surface area contributed by atoms with Gasteiger partial charge in [0.05, 0.1) is 24.1 Å². The second-order valence-corrected chi connectivity index (χ2v) is 8.93. The molecule has 0 saturated carbocycles. The number of amides is 4. The summed E-state index contributed by atoms with van der Waals surface area (Å²) in [5, 5.41) is 8.41. The molecule has 0 bridgehead atoms. The zero-order valence-electron chi connectivity index (χ0n) is 20.3. The summed E-state index contributed by atoms with van der Waals surface area (Å²) in [7, 11) is 1.76. The van der Waals surface area contributed by atoms with Crippen LogP contribution in [0, 0.1) is 6.92 Å². The van der Waals surface area contributed by atoms with E-state index in [1.165, 1.54) is 0 Å². The van der Waals surface area contributed by atoms with Crippen LogP contribution < -0.4 is 20.7 Å². The molecule has 1 saturated heterocycles. The van der Waals surface area contributed by atoms with Gasteiger partial charge in [-0.25, -0.2) is 4.79 Å². The van der Waals surface area contributed by atoms with E-state index in [4.69, 9.17) is 9.47 Å². The number of benzene rings is 2. The normalized spacial score (nSPS) is 21.5. The predicted molar refractivity (Wildman–Crippen MR) is 133 cm³/mol. The molecule has 4 amide bonds. The Balaban J connectivity index is 1.46. The third kappa shape index (κ3) is 5.74. The Morgan fingerprint density at radius 3 is 2.69 bits per heavy atom. The SMILES string of the molecule is CCNC(=O)C[C@H]1CC[C@@H]2[C@H](COc3ccc(NC(=O)Nc4ccccc4C)cc3C(=O)N2C)O1. The summed E-state index contributed by atoms with van der Waals surface area (Å²) >= 11 is 0. The summed E-state index contributed by atoms with van der Waals surface area (Å²) in [5.74, 6) is 0.187. The van der Waals surface area contributed by atoms with Crippen molar-refractivity contribution in [2.45, 2.75) is 51.4 Å². The van der Waals surface area contributed by atoms with Crippen LogP contribution in [0.3, 0.4) is 0 Å². The highest BCUT2D eigenvalue weighted by Crippen LogP contribution is 2.32. The number of nitrogens with one attached hydrogen (secondary N) is 3. The number of likely N-dealkylation sites (N-methyl/N-ethyl adjacent to an activating group) is 1. The Morgan fingerprint density at radius 1 is 1.11 bits per heavy atom. The van der Waals surface area contributed by atoms with Gasteiger partial charge in [-0.05, 0) is 56.5 Å². The van der Waals surface area contributed by atoms with Crippen LogP contribution in [-0.2, 0) is 9.53 Å². The van der Waals surface area contributed by atoms with Crippen LogP contribution in [0.1, 0.15) is 42.1 Å². The molecule has 9 heteroatoms. The highest BCUT2D eigenvalue weighted by Gasteiger charge is 2.39. The molecule has 186 valence electrons. The van der Waals surface area contributed by atoms with Gasteiger partial charge in [-0.1, -0.05) is 18.2 Å². The highest BCUT2D eigenvalue weighted by molar-refractivity contribution is 6.02. The Kier molecular flexibility index (Phi) is 7.55. The molecule has 0 aliphatic carbocycles. The summed E-state index contributed by atoms with van der Waals surface area (Å²) in [6, 6.07) is 11.9. The number of rotatable bonds is 5. The smallest absolute Gasteiger partial charge is 0.323 e. The maximum Gasteiger partial charge on any atom is 0.323 e. The minimum Gasteiger partial charge on any atom is -0.490 e. The molecule has 2 heterocycles. The molecule has 35 heavy (non-hydrogen) atoms. The number of hydrogen-bond donors (Lipinski definition) is 3. The molecular weight excluding hydrogens is 448 g/mol. The van der Waals surface area contributed by atoms with Crippen LogP contribution in [0.2, 0.25) is 0 Å². The molecule has 3 atom stereocenters. The fourth-order valence-corrected chi connectivity index (χ4v) is 4.58. The van der Waals surface area contributed by atoms with Crippen molar-refractivity contribution in [3.63, 3.8) is 0 Å². The van der Waals surface area contributed by atoms with Gasteiger partial charge in [0.2, 0.25) is 5.91 Å². The Morgan fingerprint density at radius 2 is 1.91 bits per heavy atom. The number of nitrogens with zero attached hydrogens (tertiary/aromatic N) is 1. The van der Waals surface area contributed by atoms with Gasteiger partial charge in [0.25, 0.3) is 5.91 Å². The number of carbonyl (C=O) groups excluding carboxylic acids is 3. The maximum absolute atomic E-state index is 13.4. The zero-order valence-corrected chi connectivity index (χ0v) is 20.3. The summed E-state index contributed by atoms with van der Waals surface area (Å²) in [6.45, 7) is 4.64. The quantitative estimate of drug-likeness (QED) is 0.607. The second kappa shape index (κ2) is 10.8. The highest BCUT2D eigenvalue weighted by atomic mass is 16.5. The van der Waals surface area contributed by atoms with Gasteiger partial charge in [0.15, 0.2) is 0 Å². The maximum atomic E-state index is 13.4. The van der Waals surface area contributed by atoms with Crippen molar-refractivity contribution >= 4 is 29.2 Å². The van der Waals surface area contributed by atoms with Crippen molar-refractivity contribution < 1.29 is 23.9 Å². The molecule has 9 nitrogen and oxygen atoms in total. The van der Waals surface area contributed by atoms with Crippen LogP contribution >= 0.6 is 0 Å². The molecule has 2 aliphatic heterocycles. The average molecular weight is 481 g/mol. The van der Waals surface area contributed by atoms with Crippen LogP contribution in [-0.4, -0.2) is 61.2 Å². The van der Waals surface area contributed by atoms with E-state index in [0.29, 0.717) is 48.5 Å². The minimum atomic E-state index is -0.397. The van der Waals surface area contributed by atoms with E-state index < -0.39 is 6.03 Å². The van der Waals surface area contributed by atoms with Crippen LogP contribution in [0.25, 0.3) is 0 Å². The molecule has 2 aromatic rings.